The number of carbonyl (C=O) groups is 2. The van der Waals surface area contributed by atoms with Gasteiger partial charge in [0.25, 0.3) is 0 Å². The maximum atomic E-state index is 11.8. The predicted molar refractivity (Wildman–Crippen MR) is 91.7 cm³/mol. The summed E-state index contributed by atoms with van der Waals surface area (Å²) >= 11 is 6.10. The summed E-state index contributed by atoms with van der Waals surface area (Å²) in [6, 6.07) is 4.33. The summed E-state index contributed by atoms with van der Waals surface area (Å²) < 4.78 is 5.52. The fourth-order valence-electron chi connectivity index (χ4n) is 1.72. The van der Waals surface area contributed by atoms with Crippen LogP contribution >= 0.6 is 11.6 Å². The zero-order valence-corrected chi connectivity index (χ0v) is 14.6. The molecule has 0 saturated heterocycles. The van der Waals surface area contributed by atoms with Gasteiger partial charge in [0.1, 0.15) is 5.75 Å². The van der Waals surface area contributed by atoms with E-state index in [9.17, 15) is 9.59 Å². The molecule has 0 radical (unpaired) electrons. The number of ether oxygens (including phenoxy) is 1. The van der Waals surface area contributed by atoms with E-state index in [0.29, 0.717) is 16.5 Å². The van der Waals surface area contributed by atoms with Crippen LogP contribution in [0.2, 0.25) is 5.02 Å². The largest absolute Gasteiger partial charge is 0.489 e. The number of carbonyl (C=O) groups excluding carboxylic acids is 2. The van der Waals surface area contributed by atoms with E-state index in [2.05, 4.69) is 10.6 Å². The van der Waals surface area contributed by atoms with Crippen molar-refractivity contribution in [2.75, 3.05) is 11.9 Å². The van der Waals surface area contributed by atoms with E-state index >= 15 is 0 Å². The number of hydrogen-bond donors (Lipinski definition) is 3. The van der Waals surface area contributed by atoms with Crippen molar-refractivity contribution in [3.8, 4) is 5.75 Å². The van der Waals surface area contributed by atoms with Crippen LogP contribution in [-0.4, -0.2) is 30.5 Å². The highest BCUT2D eigenvalue weighted by molar-refractivity contribution is 6.32. The first-order chi connectivity index (χ1) is 10.7. The first-order valence-electron chi connectivity index (χ1n) is 7.50. The molecule has 6 nitrogen and oxygen atoms in total. The monoisotopic (exact) mass is 341 g/mol. The molecule has 0 fully saturated rings. The highest BCUT2D eigenvalue weighted by Gasteiger charge is 2.17. The Morgan fingerprint density at radius 2 is 1.91 bits per heavy atom. The van der Waals surface area contributed by atoms with Gasteiger partial charge in [0.05, 0.1) is 23.7 Å². The highest BCUT2D eigenvalue weighted by atomic mass is 35.5. The van der Waals surface area contributed by atoms with Gasteiger partial charge in [-0.25, -0.2) is 0 Å². The first kappa shape index (κ1) is 19.3. The van der Waals surface area contributed by atoms with Crippen LogP contribution in [0.4, 0.5) is 5.69 Å². The summed E-state index contributed by atoms with van der Waals surface area (Å²) in [5.41, 5.74) is 6.23. The molecule has 4 N–H and O–H groups in total. The van der Waals surface area contributed by atoms with E-state index in [1.165, 1.54) is 0 Å². The molecule has 128 valence electrons. The lowest BCUT2D eigenvalue weighted by Gasteiger charge is -2.15. The Labute approximate surface area is 141 Å². The normalized spacial score (nSPS) is 12.2. The molecule has 0 spiro atoms. The van der Waals surface area contributed by atoms with Gasteiger partial charge >= 0.3 is 0 Å². The Morgan fingerprint density at radius 1 is 1.26 bits per heavy atom. The van der Waals surface area contributed by atoms with Crippen LogP contribution in [-0.2, 0) is 9.59 Å². The zero-order chi connectivity index (χ0) is 17.6. The van der Waals surface area contributed by atoms with Crippen molar-refractivity contribution >= 4 is 29.1 Å². The Hall–Kier alpha value is -1.79. The third-order valence-electron chi connectivity index (χ3n) is 3.02. The van der Waals surface area contributed by atoms with Crippen LogP contribution in [0.5, 0.6) is 5.75 Å². The SMILES string of the molecule is CC(C)Oc1ccc(NC(=O)CNC(=O)[C@@H](N)C(C)C)cc1Cl. The minimum atomic E-state index is -0.635. The average molecular weight is 342 g/mol. The quantitative estimate of drug-likeness (QED) is 0.708. The predicted octanol–water partition coefficient (Wildman–Crippen LogP) is 2.17. The fraction of sp³-hybridized carbons (Fsp3) is 0.500. The number of halogens is 1. The fourth-order valence-corrected chi connectivity index (χ4v) is 1.95. The summed E-state index contributed by atoms with van der Waals surface area (Å²) in [6.45, 7) is 7.33. The second-order valence-electron chi connectivity index (χ2n) is 5.85. The Kier molecular flexibility index (Phi) is 7.32. The van der Waals surface area contributed by atoms with Crippen molar-refractivity contribution in [2.24, 2.45) is 11.7 Å². The molecule has 0 unspecified atom stereocenters. The van der Waals surface area contributed by atoms with Gasteiger partial charge in [-0.3, -0.25) is 9.59 Å². The molecule has 0 aliphatic carbocycles. The minimum Gasteiger partial charge on any atom is -0.489 e. The molecule has 1 aromatic carbocycles. The van der Waals surface area contributed by atoms with Crippen LogP contribution in [0, 0.1) is 5.92 Å². The highest BCUT2D eigenvalue weighted by Crippen LogP contribution is 2.28. The van der Waals surface area contributed by atoms with E-state index < -0.39 is 6.04 Å². The van der Waals surface area contributed by atoms with E-state index in [-0.39, 0.29) is 30.4 Å². The number of benzene rings is 1. The van der Waals surface area contributed by atoms with Crippen LogP contribution < -0.4 is 21.1 Å². The van der Waals surface area contributed by atoms with Gasteiger partial charge in [-0.2, -0.15) is 0 Å². The molecule has 1 atom stereocenters. The maximum absolute atomic E-state index is 11.8. The van der Waals surface area contributed by atoms with E-state index in [1.54, 1.807) is 18.2 Å². The van der Waals surface area contributed by atoms with Gasteiger partial charge < -0.3 is 21.1 Å². The molecular weight excluding hydrogens is 318 g/mol. The number of anilines is 1. The van der Waals surface area contributed by atoms with Crippen molar-refractivity contribution in [3.63, 3.8) is 0 Å². The molecule has 23 heavy (non-hydrogen) atoms. The van der Waals surface area contributed by atoms with Gasteiger partial charge in [-0.15, -0.1) is 0 Å². The Bertz CT molecular complexity index is 562. The molecule has 7 heteroatoms. The van der Waals surface area contributed by atoms with Gasteiger partial charge in [0.2, 0.25) is 11.8 Å². The molecule has 0 heterocycles. The molecule has 0 aliphatic rings. The van der Waals surface area contributed by atoms with Gasteiger partial charge in [-0.05, 0) is 38.0 Å². The number of rotatable bonds is 7. The molecule has 1 rings (SSSR count). The molecule has 0 bridgehead atoms. The summed E-state index contributed by atoms with van der Waals surface area (Å²) in [6.07, 6.45) is 0.00770. The van der Waals surface area contributed by atoms with Crippen molar-refractivity contribution in [3.05, 3.63) is 23.2 Å². The number of hydrogen-bond acceptors (Lipinski definition) is 4. The molecule has 0 aromatic heterocycles. The summed E-state index contributed by atoms with van der Waals surface area (Å²) in [5.74, 6) is -0.155. The number of amides is 2. The lowest BCUT2D eigenvalue weighted by atomic mass is 10.1. The Balaban J connectivity index is 2.55. The molecule has 1 aromatic rings. The van der Waals surface area contributed by atoms with Crippen molar-refractivity contribution < 1.29 is 14.3 Å². The smallest absolute Gasteiger partial charge is 0.243 e. The second kappa shape index (κ2) is 8.74. The first-order valence-corrected chi connectivity index (χ1v) is 7.87. The van der Waals surface area contributed by atoms with Crippen molar-refractivity contribution in [1.29, 1.82) is 0 Å². The topological polar surface area (TPSA) is 93.5 Å². The number of nitrogens with two attached hydrogens (primary N) is 1. The third kappa shape index (κ3) is 6.46. The van der Waals surface area contributed by atoms with Gasteiger partial charge in [-0.1, -0.05) is 25.4 Å². The molecule has 0 saturated carbocycles. The lowest BCUT2D eigenvalue weighted by Crippen LogP contribution is -2.46. The second-order valence-corrected chi connectivity index (χ2v) is 6.25. The van der Waals surface area contributed by atoms with Crippen molar-refractivity contribution in [2.45, 2.75) is 39.8 Å². The summed E-state index contributed by atoms with van der Waals surface area (Å²) in [7, 11) is 0. The van der Waals surface area contributed by atoms with Crippen LogP contribution in [0.15, 0.2) is 18.2 Å². The zero-order valence-electron chi connectivity index (χ0n) is 13.9. The van der Waals surface area contributed by atoms with Gasteiger partial charge in [0.15, 0.2) is 0 Å². The average Bonchev–Trinajstić information content (AvgIpc) is 2.46. The Morgan fingerprint density at radius 3 is 2.43 bits per heavy atom. The third-order valence-corrected chi connectivity index (χ3v) is 3.32. The van der Waals surface area contributed by atoms with Gasteiger partial charge in [0, 0.05) is 5.69 Å². The van der Waals surface area contributed by atoms with Crippen molar-refractivity contribution in [1.82, 2.24) is 5.32 Å². The lowest BCUT2D eigenvalue weighted by molar-refractivity contribution is -0.125. The maximum Gasteiger partial charge on any atom is 0.243 e. The van der Waals surface area contributed by atoms with E-state index in [0.717, 1.165) is 0 Å². The molecule has 2 amide bonds. The van der Waals surface area contributed by atoms with Crippen LogP contribution in [0.3, 0.4) is 0 Å². The van der Waals surface area contributed by atoms with E-state index in [4.69, 9.17) is 22.1 Å². The minimum absolute atomic E-state index is 0.00497. The number of nitrogens with one attached hydrogen (secondary N) is 2. The van der Waals surface area contributed by atoms with Crippen LogP contribution in [0.25, 0.3) is 0 Å². The molecular formula is C16H24ClN3O3. The summed E-state index contributed by atoms with van der Waals surface area (Å²) in [4.78, 5) is 23.5. The van der Waals surface area contributed by atoms with E-state index in [1.807, 2.05) is 27.7 Å². The van der Waals surface area contributed by atoms with Crippen LogP contribution in [0.1, 0.15) is 27.7 Å². The standard InChI is InChI=1S/C16H24ClN3O3/c1-9(2)15(18)16(22)19-8-14(21)20-11-5-6-13(12(17)7-11)23-10(3)4/h5-7,9-10,15H,8,18H2,1-4H3,(H,19,22)(H,20,21)/t15-/m0/s1. The summed E-state index contributed by atoms with van der Waals surface area (Å²) in [5, 5.41) is 5.56. The molecule has 0 aliphatic heterocycles.